The van der Waals surface area contributed by atoms with Crippen LogP contribution in [0.15, 0.2) is 17.8 Å². The molecule has 1 heterocycles. The summed E-state index contributed by atoms with van der Waals surface area (Å²) in [6.45, 7) is 0. The van der Waals surface area contributed by atoms with Gasteiger partial charge in [0, 0.05) is 13.1 Å². The van der Waals surface area contributed by atoms with E-state index in [0.29, 0.717) is 32.9 Å². The van der Waals surface area contributed by atoms with Gasteiger partial charge in [0.25, 0.3) is 5.91 Å². The van der Waals surface area contributed by atoms with Crippen LogP contribution < -0.4 is 14.8 Å². The van der Waals surface area contributed by atoms with E-state index < -0.39 is 0 Å². The largest absolute Gasteiger partial charge is 0.493 e. The number of hydrogen-bond acceptors (Lipinski definition) is 4. The maximum absolute atomic E-state index is 11.9. The highest BCUT2D eigenvalue weighted by molar-refractivity contribution is 7.80. The number of benzene rings is 1. The first kappa shape index (κ1) is 14.6. The fraction of sp³-hybridized carbons (Fsp3) is 0.231. The zero-order chi connectivity index (χ0) is 14.9. The minimum atomic E-state index is -0.208. The Morgan fingerprint density at radius 1 is 1.30 bits per heavy atom. The Bertz CT molecular complexity index is 616. The number of methoxy groups -OCH3 is 2. The van der Waals surface area contributed by atoms with Crippen LogP contribution in [0.2, 0.25) is 5.02 Å². The molecular weight excluding hydrogens is 300 g/mol. The molecule has 1 aliphatic rings. The fourth-order valence-corrected chi connectivity index (χ4v) is 2.16. The highest BCUT2D eigenvalue weighted by atomic mass is 35.5. The number of rotatable bonds is 3. The van der Waals surface area contributed by atoms with Gasteiger partial charge < -0.3 is 14.8 Å². The van der Waals surface area contributed by atoms with Crippen molar-refractivity contribution in [1.29, 1.82) is 0 Å². The van der Waals surface area contributed by atoms with Crippen LogP contribution >= 0.6 is 23.8 Å². The lowest BCUT2D eigenvalue weighted by Gasteiger charge is -2.10. The maximum Gasteiger partial charge on any atom is 0.276 e. The highest BCUT2D eigenvalue weighted by Crippen LogP contribution is 2.34. The van der Waals surface area contributed by atoms with Crippen molar-refractivity contribution in [2.45, 2.75) is 0 Å². The average molecular weight is 313 g/mol. The zero-order valence-electron chi connectivity index (χ0n) is 11.2. The maximum atomic E-state index is 11.9. The Morgan fingerprint density at radius 3 is 2.40 bits per heavy atom. The van der Waals surface area contributed by atoms with Crippen LogP contribution in [0.1, 0.15) is 5.56 Å². The van der Waals surface area contributed by atoms with Crippen LogP contribution in [0.5, 0.6) is 11.5 Å². The summed E-state index contributed by atoms with van der Waals surface area (Å²) in [7, 11) is 4.67. The molecule has 20 heavy (non-hydrogen) atoms. The fourth-order valence-electron chi connectivity index (χ4n) is 1.76. The first-order chi connectivity index (χ1) is 9.47. The van der Waals surface area contributed by atoms with Crippen molar-refractivity contribution in [3.63, 3.8) is 0 Å². The summed E-state index contributed by atoms with van der Waals surface area (Å²) in [5.74, 6) is 0.851. The van der Waals surface area contributed by atoms with Crippen molar-refractivity contribution in [2.24, 2.45) is 0 Å². The molecule has 0 radical (unpaired) electrons. The van der Waals surface area contributed by atoms with Crippen LogP contribution in [-0.4, -0.2) is 37.2 Å². The van der Waals surface area contributed by atoms with E-state index in [9.17, 15) is 4.79 Å². The molecule has 0 spiro atoms. The van der Waals surface area contributed by atoms with E-state index in [1.807, 2.05) is 0 Å². The summed E-state index contributed by atoms with van der Waals surface area (Å²) < 4.78 is 10.4. The predicted molar refractivity (Wildman–Crippen MR) is 81.0 cm³/mol. The number of likely N-dealkylation sites (N-methyl/N-ethyl adjacent to an activating group) is 1. The Balaban J connectivity index is 2.44. The van der Waals surface area contributed by atoms with E-state index >= 15 is 0 Å². The van der Waals surface area contributed by atoms with Gasteiger partial charge in [0.15, 0.2) is 16.6 Å². The number of halogens is 1. The molecule has 1 saturated heterocycles. The van der Waals surface area contributed by atoms with Crippen LogP contribution in [0.25, 0.3) is 6.08 Å². The zero-order valence-corrected chi connectivity index (χ0v) is 12.8. The summed E-state index contributed by atoms with van der Waals surface area (Å²) >= 11 is 11.2. The second-order valence-corrected chi connectivity index (χ2v) is 4.87. The molecule has 0 aromatic heterocycles. The third-order valence-corrected chi connectivity index (χ3v) is 3.59. The van der Waals surface area contributed by atoms with Gasteiger partial charge >= 0.3 is 0 Å². The lowest BCUT2D eigenvalue weighted by molar-refractivity contribution is -0.121. The van der Waals surface area contributed by atoms with Gasteiger partial charge in [-0.1, -0.05) is 11.6 Å². The molecule has 0 unspecified atom stereocenters. The number of carbonyl (C=O) groups excluding carboxylic acids is 1. The highest BCUT2D eigenvalue weighted by Gasteiger charge is 2.27. The third kappa shape index (κ3) is 2.57. The Hall–Kier alpha value is -1.79. The monoisotopic (exact) mass is 312 g/mol. The van der Waals surface area contributed by atoms with Crippen molar-refractivity contribution >= 4 is 40.9 Å². The third-order valence-electron chi connectivity index (χ3n) is 2.88. The number of nitrogens with zero attached hydrogens (tertiary/aromatic N) is 1. The number of thiocarbonyl (C=S) groups is 1. The summed E-state index contributed by atoms with van der Waals surface area (Å²) in [6, 6.07) is 3.33. The van der Waals surface area contributed by atoms with Gasteiger partial charge in [-0.25, -0.2) is 0 Å². The van der Waals surface area contributed by atoms with E-state index in [1.165, 1.54) is 19.1 Å². The normalized spacial score (nSPS) is 16.6. The van der Waals surface area contributed by atoms with Crippen LogP contribution in [-0.2, 0) is 4.79 Å². The SMILES string of the molecule is COc1cc(Cl)c(C=C2NC(=S)N(C)C2=O)cc1OC. The molecule has 0 bridgehead atoms. The smallest absolute Gasteiger partial charge is 0.276 e. The lowest BCUT2D eigenvalue weighted by Crippen LogP contribution is -2.25. The van der Waals surface area contributed by atoms with Crippen LogP contribution in [0.4, 0.5) is 0 Å². The molecule has 0 aliphatic carbocycles. The van der Waals surface area contributed by atoms with Crippen LogP contribution in [0, 0.1) is 0 Å². The second-order valence-electron chi connectivity index (χ2n) is 4.08. The average Bonchev–Trinajstić information content (AvgIpc) is 2.68. The molecule has 0 saturated carbocycles. The standard InChI is InChI=1S/C13H13ClN2O3S/c1-16-12(17)9(15-13(16)20)4-7-5-10(18-2)11(19-3)6-8(7)14/h4-6H,1-3H3,(H,15,20). The van der Waals surface area contributed by atoms with E-state index in [1.54, 1.807) is 25.3 Å². The molecule has 1 fully saturated rings. The van der Waals surface area contributed by atoms with E-state index in [4.69, 9.17) is 33.3 Å². The number of ether oxygens (including phenoxy) is 2. The molecule has 1 amide bonds. The quantitative estimate of drug-likeness (QED) is 0.684. The van der Waals surface area contributed by atoms with Crippen molar-refractivity contribution < 1.29 is 14.3 Å². The first-order valence-corrected chi connectivity index (χ1v) is 6.48. The van der Waals surface area contributed by atoms with Crippen molar-refractivity contribution in [1.82, 2.24) is 10.2 Å². The van der Waals surface area contributed by atoms with Gasteiger partial charge in [-0.2, -0.15) is 0 Å². The minimum absolute atomic E-state index is 0.208. The Labute approximate surface area is 127 Å². The molecule has 1 aliphatic heterocycles. The van der Waals surface area contributed by atoms with Crippen LogP contribution in [0.3, 0.4) is 0 Å². The van der Waals surface area contributed by atoms with Gasteiger partial charge in [-0.05, 0) is 29.9 Å². The van der Waals surface area contributed by atoms with Crippen molar-refractivity contribution in [3.8, 4) is 11.5 Å². The summed E-state index contributed by atoms with van der Waals surface area (Å²) in [5.41, 5.74) is 1.00. The summed E-state index contributed by atoms with van der Waals surface area (Å²) in [5, 5.41) is 3.64. The topological polar surface area (TPSA) is 50.8 Å². The number of amides is 1. The summed E-state index contributed by atoms with van der Waals surface area (Å²) in [4.78, 5) is 13.3. The van der Waals surface area contributed by atoms with E-state index in [0.717, 1.165) is 0 Å². The lowest BCUT2D eigenvalue weighted by atomic mass is 10.1. The number of nitrogens with one attached hydrogen (secondary N) is 1. The van der Waals surface area contributed by atoms with Gasteiger partial charge in [0.2, 0.25) is 0 Å². The van der Waals surface area contributed by atoms with Gasteiger partial charge in [0.1, 0.15) is 5.70 Å². The predicted octanol–water partition coefficient (Wildman–Crippen LogP) is 2.04. The molecule has 1 aromatic rings. The second kappa shape index (κ2) is 5.68. The van der Waals surface area contributed by atoms with Gasteiger partial charge in [-0.3, -0.25) is 9.69 Å². The molecule has 5 nitrogen and oxygen atoms in total. The van der Waals surface area contributed by atoms with E-state index in [2.05, 4.69) is 5.32 Å². The molecule has 1 N–H and O–H groups in total. The van der Waals surface area contributed by atoms with Gasteiger partial charge in [-0.15, -0.1) is 0 Å². The molecule has 7 heteroatoms. The van der Waals surface area contributed by atoms with E-state index in [-0.39, 0.29) is 5.91 Å². The molecule has 0 atom stereocenters. The first-order valence-electron chi connectivity index (χ1n) is 5.70. The molecule has 2 rings (SSSR count). The summed E-state index contributed by atoms with van der Waals surface area (Å²) in [6.07, 6.45) is 1.63. The number of carbonyl (C=O) groups is 1. The molecule has 1 aromatic carbocycles. The van der Waals surface area contributed by atoms with Gasteiger partial charge in [0.05, 0.1) is 19.2 Å². The Morgan fingerprint density at radius 2 is 1.90 bits per heavy atom. The number of hydrogen-bond donors (Lipinski definition) is 1. The van der Waals surface area contributed by atoms with Crippen molar-refractivity contribution in [3.05, 3.63) is 28.4 Å². The molecule has 106 valence electrons. The molecular formula is C13H13ClN2O3S. The Kier molecular flexibility index (Phi) is 4.15. The van der Waals surface area contributed by atoms with Crippen molar-refractivity contribution in [2.75, 3.05) is 21.3 Å². The minimum Gasteiger partial charge on any atom is -0.493 e.